The average Bonchev–Trinajstić information content (AvgIpc) is 3.00. The molecular formula is C23H24N2O2. The lowest BCUT2D eigenvalue weighted by molar-refractivity contribution is 0.0750. The second-order valence-electron chi connectivity index (χ2n) is 7.20. The number of likely N-dealkylation sites (tertiary alicyclic amines) is 1. The van der Waals surface area contributed by atoms with E-state index in [1.807, 2.05) is 65.6 Å². The van der Waals surface area contributed by atoms with Gasteiger partial charge in [-0.25, -0.2) is 0 Å². The fourth-order valence-electron chi connectivity index (χ4n) is 3.83. The number of rotatable bonds is 3. The number of carbonyl (C=O) groups excluding carboxylic acids is 1. The van der Waals surface area contributed by atoms with E-state index in [-0.39, 0.29) is 11.5 Å². The molecule has 2 heterocycles. The van der Waals surface area contributed by atoms with Gasteiger partial charge in [0.05, 0.1) is 6.54 Å². The molecule has 0 spiro atoms. The lowest BCUT2D eigenvalue weighted by Crippen LogP contribution is -2.37. The molecule has 1 aromatic heterocycles. The summed E-state index contributed by atoms with van der Waals surface area (Å²) in [6.07, 6.45) is 4.39. The Labute approximate surface area is 159 Å². The molecule has 2 aromatic carbocycles. The zero-order chi connectivity index (χ0) is 18.6. The van der Waals surface area contributed by atoms with Gasteiger partial charge >= 0.3 is 0 Å². The third-order valence-corrected chi connectivity index (χ3v) is 5.32. The van der Waals surface area contributed by atoms with Crippen LogP contribution in [0.5, 0.6) is 0 Å². The molecule has 1 saturated heterocycles. The molecule has 1 fully saturated rings. The standard InChI is InChI=1S/C23H24N2O2/c26-22-20-13-7-6-12-19(20)16-21(23(27)24-14-8-1-2-9-15-24)25(22)17-18-10-4-3-5-11-18/h3-7,10-13,16H,1-2,8-9,14-15,17H2. The van der Waals surface area contributed by atoms with E-state index in [1.54, 1.807) is 4.57 Å². The molecule has 0 radical (unpaired) electrons. The van der Waals surface area contributed by atoms with Gasteiger partial charge in [0.1, 0.15) is 5.69 Å². The summed E-state index contributed by atoms with van der Waals surface area (Å²) in [4.78, 5) is 28.4. The molecule has 0 bridgehead atoms. The van der Waals surface area contributed by atoms with E-state index in [1.165, 1.54) is 12.8 Å². The smallest absolute Gasteiger partial charge is 0.270 e. The van der Waals surface area contributed by atoms with Gasteiger partial charge in [-0.15, -0.1) is 0 Å². The highest BCUT2D eigenvalue weighted by atomic mass is 16.2. The number of fused-ring (bicyclic) bond motifs is 1. The van der Waals surface area contributed by atoms with Crippen LogP contribution in [0, 0.1) is 0 Å². The topological polar surface area (TPSA) is 42.3 Å². The summed E-state index contributed by atoms with van der Waals surface area (Å²) in [6, 6.07) is 19.2. The molecule has 3 aromatic rings. The number of aromatic nitrogens is 1. The highest BCUT2D eigenvalue weighted by Crippen LogP contribution is 2.18. The highest BCUT2D eigenvalue weighted by molar-refractivity contribution is 5.96. The Morgan fingerprint density at radius 3 is 2.26 bits per heavy atom. The van der Waals surface area contributed by atoms with Gasteiger partial charge in [-0.1, -0.05) is 61.4 Å². The van der Waals surface area contributed by atoms with Crippen LogP contribution in [0.1, 0.15) is 41.7 Å². The molecule has 0 N–H and O–H groups in total. The van der Waals surface area contributed by atoms with Crippen LogP contribution in [0.4, 0.5) is 0 Å². The van der Waals surface area contributed by atoms with Gasteiger partial charge in [0.25, 0.3) is 11.5 Å². The Morgan fingerprint density at radius 2 is 1.52 bits per heavy atom. The summed E-state index contributed by atoms with van der Waals surface area (Å²) in [5.41, 5.74) is 1.40. The van der Waals surface area contributed by atoms with Gasteiger partial charge in [-0.3, -0.25) is 14.2 Å². The van der Waals surface area contributed by atoms with Gasteiger partial charge in [-0.2, -0.15) is 0 Å². The van der Waals surface area contributed by atoms with Crippen LogP contribution in [0.25, 0.3) is 10.8 Å². The third kappa shape index (κ3) is 3.65. The molecule has 4 heteroatoms. The molecule has 0 unspecified atom stereocenters. The fourth-order valence-corrected chi connectivity index (χ4v) is 3.83. The number of benzene rings is 2. The van der Waals surface area contributed by atoms with Crippen molar-refractivity contribution < 1.29 is 4.79 Å². The maximum Gasteiger partial charge on any atom is 0.270 e. The van der Waals surface area contributed by atoms with Crippen LogP contribution in [0.3, 0.4) is 0 Å². The van der Waals surface area contributed by atoms with Crippen LogP contribution >= 0.6 is 0 Å². The van der Waals surface area contributed by atoms with Crippen molar-refractivity contribution in [1.82, 2.24) is 9.47 Å². The largest absolute Gasteiger partial charge is 0.337 e. The molecule has 1 amide bonds. The average molecular weight is 360 g/mol. The van der Waals surface area contributed by atoms with Crippen LogP contribution < -0.4 is 5.56 Å². The van der Waals surface area contributed by atoms with Crippen molar-refractivity contribution in [1.29, 1.82) is 0 Å². The minimum absolute atomic E-state index is 0.0318. The predicted molar refractivity (Wildman–Crippen MR) is 108 cm³/mol. The van der Waals surface area contributed by atoms with Crippen LogP contribution in [0.2, 0.25) is 0 Å². The maximum atomic E-state index is 13.3. The molecule has 4 rings (SSSR count). The zero-order valence-electron chi connectivity index (χ0n) is 15.4. The van der Waals surface area contributed by atoms with E-state index in [0.29, 0.717) is 17.6 Å². The van der Waals surface area contributed by atoms with Gasteiger partial charge in [0, 0.05) is 18.5 Å². The zero-order valence-corrected chi connectivity index (χ0v) is 15.4. The Kier molecular flexibility index (Phi) is 5.05. The molecule has 4 nitrogen and oxygen atoms in total. The van der Waals surface area contributed by atoms with Crippen LogP contribution in [-0.2, 0) is 6.54 Å². The number of hydrogen-bond acceptors (Lipinski definition) is 2. The summed E-state index contributed by atoms with van der Waals surface area (Å²) >= 11 is 0. The maximum absolute atomic E-state index is 13.3. The number of nitrogens with zero attached hydrogens (tertiary/aromatic N) is 2. The highest BCUT2D eigenvalue weighted by Gasteiger charge is 2.22. The van der Waals surface area contributed by atoms with Crippen molar-refractivity contribution in [3.8, 4) is 0 Å². The molecule has 27 heavy (non-hydrogen) atoms. The Balaban J connectivity index is 1.83. The molecule has 0 aliphatic carbocycles. The fraction of sp³-hybridized carbons (Fsp3) is 0.304. The van der Waals surface area contributed by atoms with E-state index in [4.69, 9.17) is 0 Å². The van der Waals surface area contributed by atoms with E-state index in [0.717, 1.165) is 36.9 Å². The Morgan fingerprint density at radius 1 is 0.852 bits per heavy atom. The molecular weight excluding hydrogens is 336 g/mol. The molecule has 0 atom stereocenters. The van der Waals surface area contributed by atoms with E-state index >= 15 is 0 Å². The summed E-state index contributed by atoms with van der Waals surface area (Å²) in [5.74, 6) is -0.0318. The number of hydrogen-bond donors (Lipinski definition) is 0. The molecule has 0 saturated carbocycles. The van der Waals surface area contributed by atoms with Crippen molar-refractivity contribution in [3.05, 3.63) is 82.3 Å². The SMILES string of the molecule is O=C(c1cc2ccccc2c(=O)n1Cc1ccccc1)N1CCCCCC1. The van der Waals surface area contributed by atoms with Gasteiger partial charge in [0.15, 0.2) is 0 Å². The summed E-state index contributed by atoms with van der Waals surface area (Å²) in [5, 5.41) is 1.48. The van der Waals surface area contributed by atoms with Crippen molar-refractivity contribution >= 4 is 16.7 Å². The quantitative estimate of drug-likeness (QED) is 0.707. The predicted octanol–water partition coefficient (Wildman–Crippen LogP) is 4.07. The lowest BCUT2D eigenvalue weighted by atomic mass is 10.1. The van der Waals surface area contributed by atoms with Gasteiger partial charge < -0.3 is 4.90 Å². The molecule has 1 aliphatic rings. The minimum atomic E-state index is -0.102. The second-order valence-corrected chi connectivity index (χ2v) is 7.20. The Hall–Kier alpha value is -2.88. The second kappa shape index (κ2) is 7.78. The van der Waals surface area contributed by atoms with E-state index in [2.05, 4.69) is 0 Å². The van der Waals surface area contributed by atoms with Gasteiger partial charge in [-0.05, 0) is 35.9 Å². The first-order valence-electron chi connectivity index (χ1n) is 9.70. The monoisotopic (exact) mass is 360 g/mol. The van der Waals surface area contributed by atoms with Crippen molar-refractivity contribution in [3.63, 3.8) is 0 Å². The van der Waals surface area contributed by atoms with Crippen molar-refractivity contribution in [2.45, 2.75) is 32.2 Å². The minimum Gasteiger partial charge on any atom is -0.337 e. The first-order chi connectivity index (χ1) is 13.2. The molecule has 138 valence electrons. The van der Waals surface area contributed by atoms with E-state index < -0.39 is 0 Å². The number of carbonyl (C=O) groups is 1. The molecule has 1 aliphatic heterocycles. The number of amides is 1. The summed E-state index contributed by atoms with van der Waals surface area (Å²) in [7, 11) is 0. The first kappa shape index (κ1) is 17.5. The van der Waals surface area contributed by atoms with Crippen molar-refractivity contribution in [2.24, 2.45) is 0 Å². The van der Waals surface area contributed by atoms with Crippen LogP contribution in [-0.4, -0.2) is 28.5 Å². The summed E-state index contributed by atoms with van der Waals surface area (Å²) in [6.45, 7) is 1.94. The van der Waals surface area contributed by atoms with Gasteiger partial charge in [0.2, 0.25) is 0 Å². The van der Waals surface area contributed by atoms with E-state index in [9.17, 15) is 9.59 Å². The Bertz CT molecular complexity index is 1000. The van der Waals surface area contributed by atoms with Crippen LogP contribution in [0.15, 0.2) is 65.5 Å². The summed E-state index contributed by atoms with van der Waals surface area (Å²) < 4.78 is 1.64. The third-order valence-electron chi connectivity index (χ3n) is 5.32. The lowest BCUT2D eigenvalue weighted by Gasteiger charge is -2.23. The number of pyridine rings is 1. The normalized spacial score (nSPS) is 14.9. The first-order valence-corrected chi connectivity index (χ1v) is 9.70. The van der Waals surface area contributed by atoms with Crippen molar-refractivity contribution in [2.75, 3.05) is 13.1 Å².